The van der Waals surface area contributed by atoms with Crippen molar-refractivity contribution in [2.24, 2.45) is 0 Å². The van der Waals surface area contributed by atoms with Crippen molar-refractivity contribution in [3.05, 3.63) is 52.1 Å². The van der Waals surface area contributed by atoms with Crippen molar-refractivity contribution in [1.82, 2.24) is 0 Å². The van der Waals surface area contributed by atoms with Crippen molar-refractivity contribution in [3.8, 4) is 11.5 Å². The van der Waals surface area contributed by atoms with E-state index >= 15 is 0 Å². The Bertz CT molecular complexity index is 827. The topological polar surface area (TPSA) is 118 Å². The molecule has 0 atom stereocenters. The lowest BCUT2D eigenvalue weighted by Crippen LogP contribution is -2.03. The van der Waals surface area contributed by atoms with Gasteiger partial charge in [-0.15, -0.1) is 0 Å². The van der Waals surface area contributed by atoms with E-state index in [4.69, 9.17) is 0 Å². The van der Waals surface area contributed by atoms with Gasteiger partial charge in [-0.3, -0.25) is 10.1 Å². The van der Waals surface area contributed by atoms with Crippen molar-refractivity contribution >= 4 is 15.5 Å². The minimum absolute atomic E-state index is 0.0518. The minimum Gasteiger partial charge on any atom is -0.504 e. The average molecular weight is 323 g/mol. The summed E-state index contributed by atoms with van der Waals surface area (Å²) in [4.78, 5) is 9.34. The van der Waals surface area contributed by atoms with Gasteiger partial charge < -0.3 is 10.2 Å². The summed E-state index contributed by atoms with van der Waals surface area (Å²) in [7, 11) is -4.03. The summed E-state index contributed by atoms with van der Waals surface area (Å²) in [5.74, 6) is -1.83. The lowest BCUT2D eigenvalue weighted by Gasteiger charge is -2.07. The number of sulfone groups is 1. The highest BCUT2D eigenvalue weighted by atomic mass is 32.2. The van der Waals surface area contributed by atoms with Gasteiger partial charge in [0.1, 0.15) is 0 Å². The quantitative estimate of drug-likeness (QED) is 0.507. The zero-order chi connectivity index (χ0) is 16.5. The van der Waals surface area contributed by atoms with Crippen molar-refractivity contribution in [1.29, 1.82) is 0 Å². The van der Waals surface area contributed by atoms with Gasteiger partial charge in [0.2, 0.25) is 15.6 Å². The fourth-order valence-corrected chi connectivity index (χ4v) is 3.21. The normalized spacial score (nSPS) is 11.3. The second kappa shape index (κ2) is 5.64. The van der Waals surface area contributed by atoms with E-state index in [1.807, 2.05) is 6.92 Å². The summed E-state index contributed by atoms with van der Waals surface area (Å²) in [5.41, 5.74) is 0.0715. The van der Waals surface area contributed by atoms with Gasteiger partial charge in [-0.05, 0) is 24.1 Å². The van der Waals surface area contributed by atoms with E-state index in [0.29, 0.717) is 0 Å². The zero-order valence-electron chi connectivity index (χ0n) is 11.6. The van der Waals surface area contributed by atoms with Crippen LogP contribution in [0.4, 0.5) is 5.69 Å². The Morgan fingerprint density at radius 1 is 1.09 bits per heavy atom. The Hall–Kier alpha value is -2.61. The van der Waals surface area contributed by atoms with Gasteiger partial charge >= 0.3 is 5.69 Å². The Labute approximate surface area is 126 Å². The predicted molar refractivity (Wildman–Crippen MR) is 77.7 cm³/mol. The van der Waals surface area contributed by atoms with Crippen molar-refractivity contribution in [2.45, 2.75) is 23.1 Å². The number of rotatable bonds is 4. The number of nitrogens with zero attached hydrogens (tertiary/aromatic N) is 1. The molecule has 0 saturated heterocycles. The van der Waals surface area contributed by atoms with Crippen LogP contribution in [0.15, 0.2) is 46.2 Å². The number of nitro groups is 1. The Balaban J connectivity index is 2.60. The summed E-state index contributed by atoms with van der Waals surface area (Å²) in [6, 6.07) is 7.57. The summed E-state index contributed by atoms with van der Waals surface area (Å²) in [5, 5.41) is 29.7. The highest BCUT2D eigenvalue weighted by Gasteiger charge is 2.26. The monoisotopic (exact) mass is 323 g/mol. The summed E-state index contributed by atoms with van der Waals surface area (Å²) >= 11 is 0. The van der Waals surface area contributed by atoms with Crippen LogP contribution in [0.25, 0.3) is 0 Å². The SMILES string of the molecule is CCc1ccc(S(=O)(=O)c2cc(O)c(O)c([N+](=O)[O-])c2)cc1. The molecule has 0 aliphatic heterocycles. The number of phenols is 2. The third-order valence-corrected chi connectivity index (χ3v) is 4.94. The van der Waals surface area contributed by atoms with E-state index in [-0.39, 0.29) is 4.90 Å². The fraction of sp³-hybridized carbons (Fsp3) is 0.143. The molecule has 0 amide bonds. The highest BCUT2D eigenvalue weighted by molar-refractivity contribution is 7.91. The second-order valence-electron chi connectivity index (χ2n) is 4.57. The molecule has 2 aromatic rings. The fourth-order valence-electron chi connectivity index (χ4n) is 1.91. The van der Waals surface area contributed by atoms with E-state index in [1.165, 1.54) is 12.1 Å². The van der Waals surface area contributed by atoms with Crippen LogP contribution in [0.1, 0.15) is 12.5 Å². The van der Waals surface area contributed by atoms with Crippen LogP contribution in [0.3, 0.4) is 0 Å². The predicted octanol–water partition coefficient (Wildman–Crippen LogP) is 2.40. The number of benzene rings is 2. The number of aryl methyl sites for hydroxylation is 1. The van der Waals surface area contributed by atoms with Gasteiger partial charge in [0.05, 0.1) is 14.7 Å². The van der Waals surface area contributed by atoms with Gasteiger partial charge in [0.15, 0.2) is 5.75 Å². The first-order chi connectivity index (χ1) is 10.3. The molecule has 0 heterocycles. The van der Waals surface area contributed by atoms with Crippen LogP contribution >= 0.6 is 0 Å². The zero-order valence-corrected chi connectivity index (χ0v) is 12.4. The van der Waals surface area contributed by atoms with E-state index in [0.717, 1.165) is 24.1 Å². The summed E-state index contributed by atoms with van der Waals surface area (Å²) in [6.07, 6.45) is 0.742. The van der Waals surface area contributed by atoms with E-state index < -0.39 is 36.8 Å². The third-order valence-electron chi connectivity index (χ3n) is 3.19. The number of phenolic OH excluding ortho intramolecular Hbond substituents is 2. The van der Waals surface area contributed by atoms with Crippen LogP contribution in [-0.2, 0) is 16.3 Å². The summed E-state index contributed by atoms with van der Waals surface area (Å²) in [6.45, 7) is 1.92. The molecule has 22 heavy (non-hydrogen) atoms. The molecule has 0 fully saturated rings. The molecular weight excluding hydrogens is 310 g/mol. The molecule has 2 N–H and O–H groups in total. The molecular formula is C14H13NO6S. The molecule has 0 aliphatic rings. The first kappa shape index (κ1) is 15.8. The largest absolute Gasteiger partial charge is 0.504 e. The molecule has 0 unspecified atom stereocenters. The first-order valence-corrected chi connectivity index (χ1v) is 7.80. The van der Waals surface area contributed by atoms with Crippen LogP contribution in [-0.4, -0.2) is 23.6 Å². The maximum absolute atomic E-state index is 12.5. The summed E-state index contributed by atoms with van der Waals surface area (Å²) < 4.78 is 24.9. The molecule has 0 spiro atoms. The molecule has 0 saturated carbocycles. The molecule has 0 bridgehead atoms. The van der Waals surface area contributed by atoms with Crippen LogP contribution in [0.2, 0.25) is 0 Å². The number of nitro benzene ring substituents is 1. The van der Waals surface area contributed by atoms with Gasteiger partial charge in [-0.25, -0.2) is 8.42 Å². The van der Waals surface area contributed by atoms with Gasteiger partial charge in [0, 0.05) is 12.1 Å². The molecule has 0 radical (unpaired) electrons. The maximum atomic E-state index is 12.5. The number of hydrogen-bond donors (Lipinski definition) is 2. The number of aromatic hydroxyl groups is 2. The van der Waals surface area contributed by atoms with Crippen molar-refractivity contribution < 1.29 is 23.6 Å². The lowest BCUT2D eigenvalue weighted by atomic mass is 10.2. The van der Waals surface area contributed by atoms with Crippen molar-refractivity contribution in [2.75, 3.05) is 0 Å². The van der Waals surface area contributed by atoms with Crippen LogP contribution in [0.5, 0.6) is 11.5 Å². The van der Waals surface area contributed by atoms with E-state index in [1.54, 1.807) is 12.1 Å². The third kappa shape index (κ3) is 2.73. The van der Waals surface area contributed by atoms with Gasteiger partial charge in [0.25, 0.3) is 0 Å². The Morgan fingerprint density at radius 2 is 1.68 bits per heavy atom. The van der Waals surface area contributed by atoms with Crippen LogP contribution in [0, 0.1) is 10.1 Å². The highest BCUT2D eigenvalue weighted by Crippen LogP contribution is 2.38. The lowest BCUT2D eigenvalue weighted by molar-refractivity contribution is -0.386. The number of hydrogen-bond acceptors (Lipinski definition) is 6. The van der Waals surface area contributed by atoms with E-state index in [2.05, 4.69) is 0 Å². The minimum atomic E-state index is -4.03. The molecule has 8 heteroatoms. The molecule has 2 aromatic carbocycles. The van der Waals surface area contributed by atoms with Crippen molar-refractivity contribution in [3.63, 3.8) is 0 Å². The van der Waals surface area contributed by atoms with Gasteiger partial charge in [-0.2, -0.15) is 0 Å². The second-order valence-corrected chi connectivity index (χ2v) is 6.52. The van der Waals surface area contributed by atoms with Gasteiger partial charge in [-0.1, -0.05) is 19.1 Å². The molecule has 0 aromatic heterocycles. The molecule has 2 rings (SSSR count). The Kier molecular flexibility index (Phi) is 4.05. The van der Waals surface area contributed by atoms with E-state index in [9.17, 15) is 28.7 Å². The molecule has 0 aliphatic carbocycles. The molecule has 7 nitrogen and oxygen atoms in total. The Morgan fingerprint density at radius 3 is 2.18 bits per heavy atom. The molecule has 116 valence electrons. The standard InChI is InChI=1S/C14H13NO6S/c1-2-9-3-5-10(6-4-9)22(20,21)11-7-12(15(18)19)14(17)13(16)8-11/h3-8,16-17H,2H2,1H3. The smallest absolute Gasteiger partial charge is 0.315 e. The maximum Gasteiger partial charge on any atom is 0.315 e. The van der Waals surface area contributed by atoms with Crippen LogP contribution < -0.4 is 0 Å². The first-order valence-electron chi connectivity index (χ1n) is 6.31. The average Bonchev–Trinajstić information content (AvgIpc) is 2.49.